The first-order valence-corrected chi connectivity index (χ1v) is 15.2. The molecule has 2 saturated heterocycles. The van der Waals surface area contributed by atoms with E-state index in [0.717, 1.165) is 16.8 Å². The number of fused-ring (bicyclic) bond motifs is 1. The highest BCUT2D eigenvalue weighted by Crippen LogP contribution is 2.35. The highest BCUT2D eigenvalue weighted by atomic mass is 19.1. The molecular formula is C34H41FN6O4. The van der Waals surface area contributed by atoms with Crippen LogP contribution in [-0.4, -0.2) is 88.2 Å². The van der Waals surface area contributed by atoms with Gasteiger partial charge in [-0.25, -0.2) is 19.2 Å². The first kappa shape index (κ1) is 31.8. The van der Waals surface area contributed by atoms with Crippen molar-refractivity contribution in [3.8, 4) is 5.75 Å². The molecule has 2 fully saturated rings. The van der Waals surface area contributed by atoms with Crippen molar-refractivity contribution in [3.05, 3.63) is 95.3 Å². The quantitative estimate of drug-likeness (QED) is 0.395. The van der Waals surface area contributed by atoms with Crippen LogP contribution in [0.2, 0.25) is 0 Å². The van der Waals surface area contributed by atoms with Crippen LogP contribution in [0.3, 0.4) is 0 Å². The van der Waals surface area contributed by atoms with E-state index in [0.29, 0.717) is 5.56 Å². The summed E-state index contributed by atoms with van der Waals surface area (Å²) in [5.41, 5.74) is 2.81. The van der Waals surface area contributed by atoms with Crippen LogP contribution in [-0.2, 0) is 22.6 Å². The smallest absolute Gasteiger partial charge is 0.334 e. The minimum Gasteiger partial charge on any atom is -0.508 e. The highest BCUT2D eigenvalue weighted by molar-refractivity contribution is 5.92. The molecule has 238 valence electrons. The highest BCUT2D eigenvalue weighted by Gasteiger charge is 2.51. The van der Waals surface area contributed by atoms with E-state index in [-0.39, 0.29) is 49.7 Å². The molecule has 0 saturated carbocycles. The van der Waals surface area contributed by atoms with Crippen LogP contribution in [0.5, 0.6) is 5.75 Å². The lowest BCUT2D eigenvalue weighted by atomic mass is 9.96. The van der Waals surface area contributed by atoms with E-state index in [1.165, 1.54) is 28.1 Å². The van der Waals surface area contributed by atoms with E-state index in [9.17, 15) is 19.5 Å². The standard InChI is InChI=1S/C34H41FN6O4/c1-22(2)38(5)26-13-16-29(35)28(18-26)23(3)39-20-31-40(30(33(39)44)17-24-11-14-27(42)15-12-24)32(43)21-37(4)41(31)34(45)36-19-25-9-7-6-8-10-25/h6-16,18,22-23,30-31,42H,17,19-21H2,1-5H3,(H,36,45)/t23?,30-,31-/m0/s1. The van der Waals surface area contributed by atoms with Gasteiger partial charge in [0.05, 0.1) is 19.1 Å². The summed E-state index contributed by atoms with van der Waals surface area (Å²) >= 11 is 0. The van der Waals surface area contributed by atoms with Crippen LogP contribution < -0.4 is 10.2 Å². The summed E-state index contributed by atoms with van der Waals surface area (Å²) in [6.45, 7) is 6.03. The third-order valence-electron chi connectivity index (χ3n) is 8.83. The predicted molar refractivity (Wildman–Crippen MR) is 169 cm³/mol. The number of likely N-dealkylation sites (N-methyl/N-ethyl adjacent to an activating group) is 1. The molecule has 2 heterocycles. The van der Waals surface area contributed by atoms with Gasteiger partial charge in [-0.15, -0.1) is 0 Å². The van der Waals surface area contributed by atoms with Crippen molar-refractivity contribution in [1.29, 1.82) is 0 Å². The average molecular weight is 617 g/mol. The van der Waals surface area contributed by atoms with E-state index < -0.39 is 30.1 Å². The fraction of sp³-hybridized carbons (Fsp3) is 0.382. The third kappa shape index (κ3) is 6.58. The third-order valence-corrected chi connectivity index (χ3v) is 8.83. The molecule has 1 unspecified atom stereocenters. The number of aromatic hydroxyl groups is 1. The van der Waals surface area contributed by atoms with Crippen LogP contribution in [0, 0.1) is 5.82 Å². The van der Waals surface area contributed by atoms with Gasteiger partial charge in [0.1, 0.15) is 23.8 Å². The fourth-order valence-corrected chi connectivity index (χ4v) is 6.06. The Bertz CT molecular complexity index is 1540. The number of phenols is 1. The maximum atomic E-state index is 15.4. The number of carbonyl (C=O) groups is 3. The van der Waals surface area contributed by atoms with E-state index in [1.54, 1.807) is 48.1 Å². The molecule has 0 aliphatic carbocycles. The van der Waals surface area contributed by atoms with Crippen molar-refractivity contribution in [2.75, 3.05) is 32.1 Å². The van der Waals surface area contributed by atoms with Crippen molar-refractivity contribution in [1.82, 2.24) is 25.1 Å². The van der Waals surface area contributed by atoms with Gasteiger partial charge in [0.25, 0.3) is 0 Å². The molecule has 2 aliphatic heterocycles. The Balaban J connectivity index is 1.52. The number of nitrogens with one attached hydrogen (secondary N) is 1. The minimum absolute atomic E-state index is 0.00932. The van der Waals surface area contributed by atoms with Gasteiger partial charge in [-0.2, -0.15) is 0 Å². The Morgan fingerprint density at radius 1 is 1.02 bits per heavy atom. The van der Waals surface area contributed by atoms with Gasteiger partial charge in [-0.3, -0.25) is 9.59 Å². The Kier molecular flexibility index (Phi) is 9.29. The lowest BCUT2D eigenvalue weighted by Crippen LogP contribution is -2.76. The van der Waals surface area contributed by atoms with Crippen molar-refractivity contribution in [2.24, 2.45) is 0 Å². The van der Waals surface area contributed by atoms with E-state index in [1.807, 2.05) is 56.1 Å². The van der Waals surface area contributed by atoms with Gasteiger partial charge >= 0.3 is 6.03 Å². The first-order chi connectivity index (χ1) is 21.5. The molecule has 3 aromatic carbocycles. The lowest BCUT2D eigenvalue weighted by molar-refractivity contribution is -0.189. The SMILES string of the molecule is CC(c1cc(N(C)C(C)C)ccc1F)N1C[C@H]2N(C(=O)CN(C)N2C(=O)NCc2ccccc2)[C@@H](Cc2ccc(O)cc2)C1=O. The van der Waals surface area contributed by atoms with E-state index in [2.05, 4.69) is 5.32 Å². The molecule has 2 aliphatic rings. The number of rotatable bonds is 8. The molecule has 2 N–H and O–H groups in total. The van der Waals surface area contributed by atoms with E-state index in [4.69, 9.17) is 0 Å². The molecule has 10 nitrogen and oxygen atoms in total. The molecule has 0 radical (unpaired) electrons. The van der Waals surface area contributed by atoms with Crippen molar-refractivity contribution < 1.29 is 23.9 Å². The van der Waals surface area contributed by atoms with Gasteiger partial charge in [-0.05, 0) is 62.2 Å². The number of amides is 4. The Morgan fingerprint density at radius 3 is 2.38 bits per heavy atom. The van der Waals surface area contributed by atoms with Crippen LogP contribution in [0.25, 0.3) is 0 Å². The number of anilines is 1. The summed E-state index contributed by atoms with van der Waals surface area (Å²) in [5.74, 6) is -0.981. The summed E-state index contributed by atoms with van der Waals surface area (Å²) in [6.07, 6.45) is -0.675. The van der Waals surface area contributed by atoms with Crippen LogP contribution in [0.4, 0.5) is 14.9 Å². The maximum Gasteiger partial charge on any atom is 0.334 e. The number of urea groups is 1. The molecule has 11 heteroatoms. The molecule has 0 aromatic heterocycles. The predicted octanol–water partition coefficient (Wildman–Crippen LogP) is 4.12. The Hall–Kier alpha value is -4.64. The van der Waals surface area contributed by atoms with Crippen LogP contribution >= 0.6 is 0 Å². The monoisotopic (exact) mass is 616 g/mol. The zero-order valence-electron chi connectivity index (χ0n) is 26.4. The van der Waals surface area contributed by atoms with Crippen LogP contribution in [0.15, 0.2) is 72.8 Å². The summed E-state index contributed by atoms with van der Waals surface area (Å²) in [6, 6.07) is 19.0. The molecule has 45 heavy (non-hydrogen) atoms. The first-order valence-electron chi connectivity index (χ1n) is 15.2. The maximum absolute atomic E-state index is 15.4. The molecule has 3 aromatic rings. The number of nitrogens with zero attached hydrogens (tertiary/aromatic N) is 5. The minimum atomic E-state index is -0.953. The molecular weight excluding hydrogens is 575 g/mol. The van der Waals surface area contributed by atoms with Crippen molar-refractivity contribution in [3.63, 3.8) is 0 Å². The normalized spacial score (nSPS) is 19.5. The zero-order chi connectivity index (χ0) is 32.4. The average Bonchev–Trinajstić information content (AvgIpc) is 3.02. The molecule has 0 spiro atoms. The Labute approximate surface area is 263 Å². The van der Waals surface area contributed by atoms with Gasteiger partial charge in [0.2, 0.25) is 11.8 Å². The van der Waals surface area contributed by atoms with Gasteiger partial charge < -0.3 is 25.1 Å². The number of benzene rings is 3. The topological polar surface area (TPSA) is 99.7 Å². The van der Waals surface area contributed by atoms with Gasteiger partial charge in [0, 0.05) is 44.4 Å². The summed E-state index contributed by atoms with van der Waals surface area (Å²) < 4.78 is 15.4. The number of hydrogen-bond donors (Lipinski definition) is 2. The lowest BCUT2D eigenvalue weighted by Gasteiger charge is -2.55. The van der Waals surface area contributed by atoms with Crippen molar-refractivity contribution >= 4 is 23.5 Å². The number of halogens is 1. The van der Waals surface area contributed by atoms with Crippen molar-refractivity contribution in [2.45, 2.75) is 58.0 Å². The summed E-state index contributed by atoms with van der Waals surface area (Å²) in [4.78, 5) is 46.8. The number of piperazine rings is 1. The second kappa shape index (κ2) is 13.2. The van der Waals surface area contributed by atoms with Gasteiger partial charge in [-0.1, -0.05) is 42.5 Å². The van der Waals surface area contributed by atoms with E-state index >= 15 is 4.39 Å². The fourth-order valence-electron chi connectivity index (χ4n) is 6.06. The Morgan fingerprint density at radius 2 is 1.71 bits per heavy atom. The molecule has 5 rings (SSSR count). The molecule has 4 amide bonds. The summed E-state index contributed by atoms with van der Waals surface area (Å²) in [5, 5.41) is 15.8. The van der Waals surface area contributed by atoms with Gasteiger partial charge in [0.15, 0.2) is 0 Å². The molecule has 3 atom stereocenters. The number of hydrogen-bond acceptors (Lipinski definition) is 6. The summed E-state index contributed by atoms with van der Waals surface area (Å²) in [7, 11) is 3.60. The number of phenolic OH excluding ortho intramolecular Hbond substituents is 1. The molecule has 0 bridgehead atoms. The largest absolute Gasteiger partial charge is 0.508 e. The second-order valence-corrected chi connectivity index (χ2v) is 12.0. The van der Waals surface area contributed by atoms with Crippen LogP contribution in [0.1, 0.15) is 43.5 Å². The zero-order valence-corrected chi connectivity index (χ0v) is 26.4. The number of hydrazine groups is 1. The second-order valence-electron chi connectivity index (χ2n) is 12.0. The number of carbonyl (C=O) groups excluding carboxylic acids is 3.